The number of nitrogens with zero attached hydrogens (tertiary/aromatic N) is 6. The second-order valence-electron chi connectivity index (χ2n) is 27.6. The van der Waals surface area contributed by atoms with E-state index >= 15 is 0 Å². The minimum absolute atomic E-state index is 0.139. The van der Waals surface area contributed by atoms with Gasteiger partial charge in [0.15, 0.2) is 37.4 Å². The molecule has 13 heterocycles. The van der Waals surface area contributed by atoms with Crippen molar-refractivity contribution < 1.29 is 170 Å². The number of hydrogen-bond acceptors (Lipinski definition) is 42. The Morgan fingerprint density at radius 1 is 0.250 bits per heavy atom. The van der Waals surface area contributed by atoms with Gasteiger partial charge in [0.1, 0.15) is 110 Å². The molecule has 6 unspecified atom stereocenters. The molecule has 0 saturated carbocycles. The van der Waals surface area contributed by atoms with Gasteiger partial charge in [0.2, 0.25) is 0 Å². The van der Waals surface area contributed by atoms with Crippen LogP contribution in [-0.4, -0.2) is 237 Å². The zero-order valence-electron chi connectivity index (χ0n) is 60.9. The van der Waals surface area contributed by atoms with Crippen molar-refractivity contribution in [3.8, 4) is 0 Å². The van der Waals surface area contributed by atoms with Gasteiger partial charge in [0.25, 0.3) is 33.4 Å². The van der Waals surface area contributed by atoms with E-state index in [1.165, 1.54) is 0 Å². The fourth-order valence-electron chi connectivity index (χ4n) is 13.7. The zero-order chi connectivity index (χ0) is 86.9. The third-order valence-electron chi connectivity index (χ3n) is 19.3. The predicted octanol–water partition coefficient (Wildman–Crippen LogP) is -4.77. The van der Waals surface area contributed by atoms with Crippen molar-refractivity contribution in [2.75, 3.05) is 74.0 Å². The first-order valence-electron chi connectivity index (χ1n) is 35.1. The molecule has 30 atom stereocenters. The fraction of sp³-hybridized carbons (Fsp3) is 0.500. The van der Waals surface area contributed by atoms with Crippen molar-refractivity contribution in [3.05, 3.63) is 172 Å². The van der Waals surface area contributed by atoms with E-state index in [4.69, 9.17) is 117 Å². The molecule has 7 aliphatic rings. The standard InChI is InChI=1S/C60H78N12O42P6/c61-25-1-7-67(37(73)13-25)55-43(79)49-31(103-55)19-97-116(87,88)110-50-33(105-56(44(50)80)68-8-2-26(62)14-38(68)74)21-99-118(91,92)112-52-35(107-58(46(52)82)70-10-4-28(64)16-40(70)76)23-101-120(95,96)114-54-36(108-60(48(54)84)72-12-6-30(66)18-42(72)78)24-102-119(93,94)113-53-34(106-59(47(53)83)71-11-5-29(65)17-41(71)77)22-100-117(89,90)111-51-32(20-98-115(85,86)109-49)104-57(45(51)81)69-9-3-27(63)15-39(69)75/h1-18,31-36,43-60,79-84H,19-24,61-66H2,(H,85,86)(H,87,88)(H,89,90)(H,91,92)(H,93,94)(H,95,96)/t31-,32-,33-,34+,35+,36-,43-,44-,45+,46-,47-,48+,49-,50-,51-,52+,53+,54-,55+,56+,57-,58+,59+,60-/m1/s1. The van der Waals surface area contributed by atoms with Gasteiger partial charge in [-0.05, 0) is 36.4 Å². The van der Waals surface area contributed by atoms with Gasteiger partial charge in [0, 0.05) is 108 Å². The Hall–Kier alpha value is -7.32. The quantitative estimate of drug-likeness (QED) is 0.0696. The largest absolute Gasteiger partial charge is 0.472 e. The van der Waals surface area contributed by atoms with Crippen LogP contribution in [0.25, 0.3) is 0 Å². The topological polar surface area (TPSA) is 799 Å². The Balaban J connectivity index is 0.853. The van der Waals surface area contributed by atoms with Gasteiger partial charge >= 0.3 is 46.9 Å². The summed E-state index contributed by atoms with van der Waals surface area (Å²) < 4.78 is 189. The molecule has 7 aliphatic heterocycles. The first kappa shape index (κ1) is 90.4. The lowest BCUT2D eigenvalue weighted by molar-refractivity contribution is -0.0679. The van der Waals surface area contributed by atoms with Crippen LogP contribution in [0.5, 0.6) is 0 Å². The Labute approximate surface area is 669 Å². The number of aliphatic hydroxyl groups excluding tert-OH is 6. The molecule has 6 aromatic heterocycles. The van der Waals surface area contributed by atoms with E-state index in [0.717, 1.165) is 110 Å². The van der Waals surface area contributed by atoms with E-state index in [9.17, 15) is 116 Å². The molecule has 0 radical (unpaired) electrons. The minimum atomic E-state index is -5.99. The molecule has 660 valence electrons. The van der Waals surface area contributed by atoms with Crippen molar-refractivity contribution >= 4 is 81.1 Å². The number of nitrogens with two attached hydrogens (primary N) is 6. The number of aromatic nitrogens is 6. The van der Waals surface area contributed by atoms with Gasteiger partial charge in [-0.3, -0.25) is 110 Å². The average Bonchev–Trinajstić information content (AvgIpc) is 1.64. The minimum Gasteiger partial charge on any atom is -0.399 e. The molecule has 0 aliphatic carbocycles. The van der Waals surface area contributed by atoms with Gasteiger partial charge in [-0.15, -0.1) is 0 Å². The molecule has 24 N–H and O–H groups in total. The van der Waals surface area contributed by atoms with Gasteiger partial charge in [-0.2, -0.15) is 0 Å². The highest BCUT2D eigenvalue weighted by molar-refractivity contribution is 7.48. The number of nitrogen functional groups attached to an aromatic ring is 6. The summed E-state index contributed by atoms with van der Waals surface area (Å²) in [6.45, 7) is -8.71. The van der Waals surface area contributed by atoms with E-state index in [1.807, 2.05) is 0 Å². The molecule has 0 bridgehead atoms. The van der Waals surface area contributed by atoms with Crippen molar-refractivity contribution in [2.24, 2.45) is 0 Å². The number of phosphoric ester groups is 6. The molecule has 7 fully saturated rings. The summed E-state index contributed by atoms with van der Waals surface area (Å²) in [7, 11) is -35.9. The van der Waals surface area contributed by atoms with Crippen LogP contribution >= 0.6 is 46.9 Å². The zero-order valence-corrected chi connectivity index (χ0v) is 66.3. The van der Waals surface area contributed by atoms with E-state index in [1.54, 1.807) is 0 Å². The monoisotopic (exact) mass is 1820 g/mol. The maximum absolute atomic E-state index is 14.4. The number of hydrogen-bond donors (Lipinski definition) is 18. The lowest BCUT2D eigenvalue weighted by Crippen LogP contribution is -2.39. The number of anilines is 6. The maximum Gasteiger partial charge on any atom is 0.472 e. The van der Waals surface area contributed by atoms with Crippen LogP contribution in [0.15, 0.2) is 139 Å². The molecule has 0 amide bonds. The SMILES string of the molecule is Nc1ccn([C@@H]2O[C@@H]3COP(=O)(O)O[C@@H]4[C@@H](O)[C@@H](n5ccc(N)cc5=O)O[C@H]4COP(=O)(O)O[C@H]4[C@H](O)[C@H](n5ccc(N)cc5=O)O[C@@H]4COP(=O)(O)O[C@H]4[C@@H](O)[C@@H](n5ccc(N)cc5=O)O[C@@H]4COP(=O)(O)O[C@H]4[C@@H](O)[C@@H](n5ccc(N)cc5=O)O[C@@H]4COP(=O)(O)O[C@@H]4[C@@H](O)[C@@H](n5ccc(N)cc5=O)O[C@H]4COP(=O)(O)O[C@H]3[C@@H]2O)c(=O)c1. The number of fused-ring (bicyclic) bond motifs is 6. The van der Waals surface area contributed by atoms with Gasteiger partial charge < -0.3 is 123 Å². The Bertz CT molecular complexity index is 4640. The average molecular weight is 1830 g/mol. The Morgan fingerprint density at radius 2 is 0.375 bits per heavy atom. The van der Waals surface area contributed by atoms with Crippen molar-refractivity contribution in [2.45, 2.75) is 147 Å². The Kier molecular flexibility index (Phi) is 26.6. The summed E-state index contributed by atoms with van der Waals surface area (Å²) in [6.07, 6.45) is -48.1. The Morgan fingerprint density at radius 3 is 0.492 bits per heavy atom. The lowest BCUT2D eigenvalue weighted by Gasteiger charge is -2.27. The first-order valence-corrected chi connectivity index (χ1v) is 44.0. The van der Waals surface area contributed by atoms with E-state index in [2.05, 4.69) is 0 Å². The first-order chi connectivity index (χ1) is 56.2. The second kappa shape index (κ2) is 35.4. The van der Waals surface area contributed by atoms with Crippen LogP contribution in [0, 0.1) is 0 Å². The van der Waals surface area contributed by atoms with E-state index in [-0.39, 0.29) is 34.1 Å². The molecule has 54 nitrogen and oxygen atoms in total. The van der Waals surface area contributed by atoms with Crippen LogP contribution in [0.3, 0.4) is 0 Å². The van der Waals surface area contributed by atoms with Crippen molar-refractivity contribution in [1.82, 2.24) is 27.4 Å². The van der Waals surface area contributed by atoms with Gasteiger partial charge in [0.05, 0.1) is 39.6 Å². The highest BCUT2D eigenvalue weighted by Gasteiger charge is 2.59. The fourth-order valence-corrected chi connectivity index (χ4v) is 19.5. The van der Waals surface area contributed by atoms with Crippen LogP contribution in [0.4, 0.5) is 34.1 Å². The van der Waals surface area contributed by atoms with Gasteiger partial charge in [-0.1, -0.05) is 0 Å². The highest BCUT2D eigenvalue weighted by atomic mass is 31.2. The summed E-state index contributed by atoms with van der Waals surface area (Å²) in [5.41, 5.74) is 27.8. The molecule has 0 spiro atoms. The van der Waals surface area contributed by atoms with Crippen molar-refractivity contribution in [1.29, 1.82) is 0 Å². The van der Waals surface area contributed by atoms with Gasteiger partial charge in [-0.25, -0.2) is 27.4 Å². The summed E-state index contributed by atoms with van der Waals surface area (Å²) in [4.78, 5) is 150. The van der Waals surface area contributed by atoms with Crippen LogP contribution in [-0.2, 0) is 110 Å². The normalized spacial score (nSPS) is 40.5. The highest BCUT2D eigenvalue weighted by Crippen LogP contribution is 2.58. The van der Waals surface area contributed by atoms with Crippen LogP contribution < -0.4 is 67.8 Å². The molecule has 13 rings (SSSR count). The van der Waals surface area contributed by atoms with Crippen LogP contribution in [0.2, 0.25) is 0 Å². The summed E-state index contributed by atoms with van der Waals surface area (Å²) in [6, 6.07) is 11.7. The second-order valence-corrected chi connectivity index (χ2v) is 36.0. The maximum atomic E-state index is 14.4. The summed E-state index contributed by atoms with van der Waals surface area (Å²) >= 11 is 0. The number of pyridine rings is 6. The number of aliphatic hydroxyl groups is 6. The van der Waals surface area contributed by atoms with Crippen molar-refractivity contribution in [3.63, 3.8) is 0 Å². The lowest BCUT2D eigenvalue weighted by atomic mass is 10.1. The molecule has 6 aromatic rings. The third-order valence-corrected chi connectivity index (χ3v) is 25.2. The molecule has 120 heavy (non-hydrogen) atoms. The van der Waals surface area contributed by atoms with E-state index < -0.39 is 267 Å². The predicted molar refractivity (Wildman–Crippen MR) is 394 cm³/mol. The summed E-state index contributed by atoms with van der Waals surface area (Å²) in [5.74, 6) is 0. The molecular weight excluding hydrogens is 1750 g/mol. The molecular formula is C60H78N12O42P6. The third kappa shape index (κ3) is 20.2. The summed E-state index contributed by atoms with van der Waals surface area (Å²) in [5, 5.41) is 71.3. The smallest absolute Gasteiger partial charge is 0.399 e. The number of ether oxygens (including phenoxy) is 6. The van der Waals surface area contributed by atoms with Crippen LogP contribution in [0.1, 0.15) is 37.4 Å². The number of phosphoric acid groups is 6. The number of rotatable bonds is 6. The molecule has 7 saturated heterocycles. The molecule has 60 heteroatoms. The molecule has 0 aromatic carbocycles. The van der Waals surface area contributed by atoms with E-state index in [0.29, 0.717) is 27.4 Å².